The van der Waals surface area contributed by atoms with Gasteiger partial charge in [0, 0.05) is 11.3 Å². The van der Waals surface area contributed by atoms with Gasteiger partial charge in [-0.2, -0.15) is 5.10 Å². The summed E-state index contributed by atoms with van der Waals surface area (Å²) in [7, 11) is 0. The fourth-order valence-electron chi connectivity index (χ4n) is 2.26. The Kier molecular flexibility index (Phi) is 5.05. The lowest BCUT2D eigenvalue weighted by atomic mass is 10.2. The monoisotopic (exact) mass is 346 g/mol. The summed E-state index contributed by atoms with van der Waals surface area (Å²) in [4.78, 5) is 17.4. The van der Waals surface area contributed by atoms with Crippen molar-refractivity contribution in [2.75, 3.05) is 5.32 Å². The molecule has 0 aliphatic heterocycles. The summed E-state index contributed by atoms with van der Waals surface area (Å²) in [5.74, 6) is -0.0369. The number of carbonyl (C=O) groups is 1. The number of anilines is 1. The molecule has 118 valence electrons. The van der Waals surface area contributed by atoms with Gasteiger partial charge in [-0.05, 0) is 36.4 Å². The van der Waals surface area contributed by atoms with Crippen LogP contribution in [0.2, 0.25) is 5.02 Å². The Labute approximate surface area is 142 Å². The van der Waals surface area contributed by atoms with Crippen LogP contribution >= 0.6 is 22.9 Å². The predicted molar refractivity (Wildman–Crippen MR) is 92.3 cm³/mol. The Hall–Kier alpha value is -2.18. The van der Waals surface area contributed by atoms with Crippen molar-refractivity contribution >= 4 is 34.5 Å². The molecule has 0 aliphatic carbocycles. The highest BCUT2D eigenvalue weighted by molar-refractivity contribution is 7.09. The van der Waals surface area contributed by atoms with Gasteiger partial charge in [0.1, 0.15) is 18.3 Å². The summed E-state index contributed by atoms with van der Waals surface area (Å²) >= 11 is 7.95. The number of hydrogen-bond donors (Lipinski definition) is 1. The van der Waals surface area contributed by atoms with Gasteiger partial charge in [-0.15, -0.1) is 11.3 Å². The van der Waals surface area contributed by atoms with Crippen molar-refractivity contribution in [2.45, 2.75) is 19.3 Å². The van der Waals surface area contributed by atoms with Gasteiger partial charge in [-0.25, -0.2) is 9.67 Å². The molecule has 0 saturated heterocycles. The third-order valence-corrected chi connectivity index (χ3v) is 4.56. The van der Waals surface area contributed by atoms with Crippen molar-refractivity contribution in [3.63, 3.8) is 0 Å². The van der Waals surface area contributed by atoms with Crippen molar-refractivity contribution in [2.24, 2.45) is 0 Å². The first-order chi connectivity index (χ1) is 11.2. The van der Waals surface area contributed by atoms with Gasteiger partial charge >= 0.3 is 0 Å². The number of amides is 1. The number of rotatable bonds is 6. The molecule has 3 rings (SSSR count). The van der Waals surface area contributed by atoms with E-state index < -0.39 is 0 Å². The topological polar surface area (TPSA) is 59.8 Å². The molecular weight excluding hydrogens is 332 g/mol. The molecule has 5 nitrogen and oxygen atoms in total. The van der Waals surface area contributed by atoms with E-state index in [0.29, 0.717) is 22.8 Å². The fraction of sp³-hybridized carbons (Fsp3) is 0.188. The van der Waals surface area contributed by atoms with Gasteiger partial charge in [0.05, 0.1) is 10.7 Å². The number of hydrogen-bond acceptors (Lipinski definition) is 4. The van der Waals surface area contributed by atoms with E-state index in [1.807, 2.05) is 11.4 Å². The van der Waals surface area contributed by atoms with Crippen LogP contribution in [0, 0.1) is 0 Å². The first-order valence-corrected chi connectivity index (χ1v) is 8.45. The molecule has 7 heteroatoms. The lowest BCUT2D eigenvalue weighted by Gasteiger charge is -2.12. The van der Waals surface area contributed by atoms with Gasteiger partial charge in [0.15, 0.2) is 0 Å². The molecule has 2 heterocycles. The minimum atomic E-state index is -0.0369. The molecule has 0 unspecified atom stereocenters. The van der Waals surface area contributed by atoms with Crippen LogP contribution < -0.4 is 5.32 Å². The number of para-hydroxylation sites is 1. The average molecular weight is 347 g/mol. The third kappa shape index (κ3) is 3.97. The van der Waals surface area contributed by atoms with Gasteiger partial charge < -0.3 is 5.32 Å². The molecule has 1 amide bonds. The fourth-order valence-corrected chi connectivity index (χ4v) is 3.28. The van der Waals surface area contributed by atoms with E-state index in [2.05, 4.69) is 21.5 Å². The van der Waals surface area contributed by atoms with Crippen molar-refractivity contribution in [3.05, 3.63) is 58.3 Å². The highest BCUT2D eigenvalue weighted by Gasteiger charge is 2.12. The minimum Gasteiger partial charge on any atom is -0.324 e. The standard InChI is InChI=1S/C16H15ClN4OS/c17-13-6-2-7-14(16(13)21-11-18-10-19-21)20-15(22)8-1-4-12-5-3-9-23-12/h2-3,5-7,9-11H,1,4,8H2,(H,20,22). The first kappa shape index (κ1) is 15.7. The Morgan fingerprint density at radius 3 is 2.96 bits per heavy atom. The van der Waals surface area contributed by atoms with Crippen molar-refractivity contribution in [1.29, 1.82) is 0 Å². The maximum Gasteiger partial charge on any atom is 0.224 e. The van der Waals surface area contributed by atoms with Gasteiger partial charge in [-0.1, -0.05) is 23.7 Å². The predicted octanol–water partition coefficient (Wildman–Crippen LogP) is 3.94. The second kappa shape index (κ2) is 7.39. The highest BCUT2D eigenvalue weighted by Crippen LogP contribution is 2.27. The van der Waals surface area contributed by atoms with E-state index in [9.17, 15) is 4.79 Å². The SMILES string of the molecule is O=C(CCCc1cccs1)Nc1cccc(Cl)c1-n1cncn1. The van der Waals surface area contributed by atoms with E-state index in [0.717, 1.165) is 12.8 Å². The summed E-state index contributed by atoms with van der Waals surface area (Å²) in [6.45, 7) is 0. The minimum absolute atomic E-state index is 0.0369. The first-order valence-electron chi connectivity index (χ1n) is 7.20. The maximum absolute atomic E-state index is 12.2. The second-order valence-corrected chi connectivity index (χ2v) is 6.40. The third-order valence-electron chi connectivity index (χ3n) is 3.32. The molecule has 23 heavy (non-hydrogen) atoms. The molecule has 0 fully saturated rings. The zero-order valence-electron chi connectivity index (χ0n) is 12.3. The smallest absolute Gasteiger partial charge is 0.224 e. The quantitative estimate of drug-likeness (QED) is 0.735. The summed E-state index contributed by atoms with van der Waals surface area (Å²) < 4.78 is 1.55. The van der Waals surface area contributed by atoms with Crippen molar-refractivity contribution in [1.82, 2.24) is 14.8 Å². The Balaban J connectivity index is 1.65. The van der Waals surface area contributed by atoms with Crippen LogP contribution in [0.15, 0.2) is 48.4 Å². The lowest BCUT2D eigenvalue weighted by Crippen LogP contribution is -2.14. The zero-order chi connectivity index (χ0) is 16.1. The molecule has 1 aromatic carbocycles. The molecule has 3 aromatic rings. The lowest BCUT2D eigenvalue weighted by molar-refractivity contribution is -0.116. The normalized spacial score (nSPS) is 10.7. The summed E-state index contributed by atoms with van der Waals surface area (Å²) in [5, 5.41) is 9.55. The molecule has 0 spiro atoms. The molecule has 1 N–H and O–H groups in total. The summed E-state index contributed by atoms with van der Waals surface area (Å²) in [6, 6.07) is 9.47. The second-order valence-electron chi connectivity index (χ2n) is 4.96. The molecular formula is C16H15ClN4OS. The van der Waals surface area contributed by atoms with Crippen LogP contribution in [0.1, 0.15) is 17.7 Å². The number of aromatic nitrogens is 3. The van der Waals surface area contributed by atoms with Crippen LogP contribution in [-0.2, 0) is 11.2 Å². The number of benzene rings is 1. The van der Waals surface area contributed by atoms with Crippen LogP contribution in [-0.4, -0.2) is 20.7 Å². The Morgan fingerprint density at radius 1 is 1.30 bits per heavy atom. The van der Waals surface area contributed by atoms with E-state index >= 15 is 0 Å². The van der Waals surface area contributed by atoms with Crippen molar-refractivity contribution < 1.29 is 4.79 Å². The van der Waals surface area contributed by atoms with E-state index in [1.165, 1.54) is 11.2 Å². The molecule has 0 bridgehead atoms. The van der Waals surface area contributed by atoms with E-state index in [4.69, 9.17) is 11.6 Å². The molecule has 2 aromatic heterocycles. The number of nitrogens with zero attached hydrogens (tertiary/aromatic N) is 3. The van der Waals surface area contributed by atoms with E-state index in [-0.39, 0.29) is 5.91 Å². The Morgan fingerprint density at radius 2 is 2.22 bits per heavy atom. The van der Waals surface area contributed by atoms with Crippen LogP contribution in [0.4, 0.5) is 5.69 Å². The number of carbonyl (C=O) groups excluding carboxylic acids is 1. The van der Waals surface area contributed by atoms with Gasteiger partial charge in [0.2, 0.25) is 5.91 Å². The Bertz CT molecular complexity index is 771. The summed E-state index contributed by atoms with van der Waals surface area (Å²) in [6.07, 6.45) is 5.16. The largest absolute Gasteiger partial charge is 0.324 e. The number of nitrogens with one attached hydrogen (secondary N) is 1. The molecule has 0 aliphatic rings. The van der Waals surface area contributed by atoms with Crippen LogP contribution in [0.25, 0.3) is 5.69 Å². The maximum atomic E-state index is 12.2. The van der Waals surface area contributed by atoms with Crippen LogP contribution in [0.5, 0.6) is 0 Å². The number of halogens is 1. The summed E-state index contributed by atoms with van der Waals surface area (Å²) in [5.41, 5.74) is 1.25. The number of aryl methyl sites for hydroxylation is 1. The van der Waals surface area contributed by atoms with Gasteiger partial charge in [0.25, 0.3) is 0 Å². The highest BCUT2D eigenvalue weighted by atomic mass is 35.5. The molecule has 0 atom stereocenters. The van der Waals surface area contributed by atoms with Crippen LogP contribution in [0.3, 0.4) is 0 Å². The van der Waals surface area contributed by atoms with Crippen molar-refractivity contribution in [3.8, 4) is 5.69 Å². The molecule has 0 radical (unpaired) electrons. The molecule has 0 saturated carbocycles. The average Bonchev–Trinajstić information content (AvgIpc) is 3.20. The number of thiophene rings is 1. The van der Waals surface area contributed by atoms with Gasteiger partial charge in [-0.3, -0.25) is 4.79 Å². The van der Waals surface area contributed by atoms with E-state index in [1.54, 1.807) is 40.5 Å². The zero-order valence-corrected chi connectivity index (χ0v) is 13.8.